The summed E-state index contributed by atoms with van der Waals surface area (Å²) in [5, 5.41) is 3.70. The molecule has 1 aliphatic heterocycles. The Morgan fingerprint density at radius 3 is 3.05 bits per heavy atom. The Morgan fingerprint density at radius 1 is 1.37 bits per heavy atom. The van der Waals surface area contributed by atoms with Gasteiger partial charge in [0.2, 0.25) is 0 Å². The fraction of sp³-hybridized carbons (Fsp3) is 0.647. The number of aryl methyl sites for hydroxylation is 1. The zero-order valence-electron chi connectivity index (χ0n) is 12.3. The van der Waals surface area contributed by atoms with Crippen LogP contribution in [-0.2, 0) is 11.2 Å². The summed E-state index contributed by atoms with van der Waals surface area (Å²) in [5.74, 6) is 0. The summed E-state index contributed by atoms with van der Waals surface area (Å²) in [6.45, 7) is 6.39. The molecule has 1 fully saturated rings. The predicted molar refractivity (Wildman–Crippen MR) is 80.6 cm³/mol. The quantitative estimate of drug-likeness (QED) is 0.846. The van der Waals surface area contributed by atoms with Gasteiger partial charge in [0.05, 0.1) is 6.10 Å². The standard InChI is InChI=1S/C17H27NO/c1-3-5-17-13-16(9-11-19-17)18-10-8-15-7-4-6-14(2)12-15/h4,6-7,12,16-18H,3,5,8-11,13H2,1-2H3. The van der Waals surface area contributed by atoms with Crippen LogP contribution in [0.4, 0.5) is 0 Å². The highest BCUT2D eigenvalue weighted by atomic mass is 16.5. The number of hydrogen-bond donors (Lipinski definition) is 1. The zero-order chi connectivity index (χ0) is 13.5. The number of nitrogens with one attached hydrogen (secondary N) is 1. The smallest absolute Gasteiger partial charge is 0.0589 e. The molecule has 1 aromatic carbocycles. The normalized spacial score (nSPS) is 23.5. The van der Waals surface area contributed by atoms with Crippen molar-refractivity contribution in [2.75, 3.05) is 13.2 Å². The third-order valence-corrected chi connectivity index (χ3v) is 3.91. The van der Waals surface area contributed by atoms with Gasteiger partial charge >= 0.3 is 0 Å². The van der Waals surface area contributed by atoms with Crippen molar-refractivity contribution >= 4 is 0 Å². The monoisotopic (exact) mass is 261 g/mol. The van der Waals surface area contributed by atoms with E-state index in [0.717, 1.165) is 26.0 Å². The largest absolute Gasteiger partial charge is 0.378 e. The lowest BCUT2D eigenvalue weighted by molar-refractivity contribution is -0.00300. The van der Waals surface area contributed by atoms with Crippen LogP contribution in [0.2, 0.25) is 0 Å². The van der Waals surface area contributed by atoms with E-state index in [1.54, 1.807) is 0 Å². The summed E-state index contributed by atoms with van der Waals surface area (Å²) < 4.78 is 5.79. The predicted octanol–water partition coefficient (Wildman–Crippen LogP) is 3.47. The van der Waals surface area contributed by atoms with Gasteiger partial charge in [-0.3, -0.25) is 0 Å². The van der Waals surface area contributed by atoms with Crippen molar-refractivity contribution in [1.29, 1.82) is 0 Å². The second-order valence-electron chi connectivity index (χ2n) is 5.70. The molecule has 2 atom stereocenters. The molecule has 2 heteroatoms. The van der Waals surface area contributed by atoms with Crippen molar-refractivity contribution in [1.82, 2.24) is 5.32 Å². The van der Waals surface area contributed by atoms with E-state index >= 15 is 0 Å². The lowest BCUT2D eigenvalue weighted by Gasteiger charge is -2.30. The lowest BCUT2D eigenvalue weighted by Crippen LogP contribution is -2.39. The molecule has 1 N–H and O–H groups in total. The first-order valence-corrected chi connectivity index (χ1v) is 7.68. The Morgan fingerprint density at radius 2 is 2.26 bits per heavy atom. The fourth-order valence-corrected chi connectivity index (χ4v) is 2.88. The van der Waals surface area contributed by atoms with E-state index in [1.807, 2.05) is 0 Å². The number of ether oxygens (including phenoxy) is 1. The summed E-state index contributed by atoms with van der Waals surface area (Å²) >= 11 is 0. The zero-order valence-corrected chi connectivity index (χ0v) is 12.3. The minimum absolute atomic E-state index is 0.482. The van der Waals surface area contributed by atoms with E-state index in [1.165, 1.54) is 30.4 Å². The molecule has 2 nitrogen and oxygen atoms in total. The molecule has 0 aliphatic carbocycles. The highest BCUT2D eigenvalue weighted by molar-refractivity contribution is 5.22. The second kappa shape index (κ2) is 7.66. The summed E-state index contributed by atoms with van der Waals surface area (Å²) in [5.41, 5.74) is 2.79. The van der Waals surface area contributed by atoms with Gasteiger partial charge in [0.1, 0.15) is 0 Å². The Hall–Kier alpha value is -0.860. The molecule has 1 saturated heterocycles. The van der Waals surface area contributed by atoms with Gasteiger partial charge in [-0.05, 0) is 44.7 Å². The molecule has 0 saturated carbocycles. The average molecular weight is 261 g/mol. The number of hydrogen-bond acceptors (Lipinski definition) is 2. The van der Waals surface area contributed by atoms with Crippen LogP contribution in [0.3, 0.4) is 0 Å². The van der Waals surface area contributed by atoms with Crippen molar-refractivity contribution in [2.45, 2.75) is 58.1 Å². The molecule has 0 amide bonds. The topological polar surface area (TPSA) is 21.3 Å². The van der Waals surface area contributed by atoms with Crippen LogP contribution in [0.15, 0.2) is 24.3 Å². The molecule has 1 aromatic rings. The van der Waals surface area contributed by atoms with E-state index in [9.17, 15) is 0 Å². The van der Waals surface area contributed by atoms with Gasteiger partial charge in [0.25, 0.3) is 0 Å². The second-order valence-corrected chi connectivity index (χ2v) is 5.70. The van der Waals surface area contributed by atoms with Gasteiger partial charge in [-0.15, -0.1) is 0 Å². The van der Waals surface area contributed by atoms with Crippen molar-refractivity contribution in [2.24, 2.45) is 0 Å². The van der Waals surface area contributed by atoms with Crippen LogP contribution in [0.5, 0.6) is 0 Å². The van der Waals surface area contributed by atoms with Crippen molar-refractivity contribution in [3.8, 4) is 0 Å². The van der Waals surface area contributed by atoms with E-state index in [-0.39, 0.29) is 0 Å². The molecule has 2 rings (SSSR count). The minimum Gasteiger partial charge on any atom is -0.378 e. The Bertz CT molecular complexity index is 375. The fourth-order valence-electron chi connectivity index (χ4n) is 2.88. The van der Waals surface area contributed by atoms with E-state index in [2.05, 4.69) is 43.4 Å². The summed E-state index contributed by atoms with van der Waals surface area (Å²) in [4.78, 5) is 0. The summed E-state index contributed by atoms with van der Waals surface area (Å²) in [6, 6.07) is 9.46. The average Bonchev–Trinajstić information content (AvgIpc) is 2.40. The lowest BCUT2D eigenvalue weighted by atomic mass is 10.00. The molecular weight excluding hydrogens is 234 g/mol. The van der Waals surface area contributed by atoms with E-state index in [0.29, 0.717) is 12.1 Å². The Kier molecular flexibility index (Phi) is 5.87. The van der Waals surface area contributed by atoms with Gasteiger partial charge in [0.15, 0.2) is 0 Å². The highest BCUT2D eigenvalue weighted by Gasteiger charge is 2.21. The van der Waals surface area contributed by atoms with Gasteiger partial charge in [0, 0.05) is 12.6 Å². The van der Waals surface area contributed by atoms with Crippen LogP contribution >= 0.6 is 0 Å². The maximum absolute atomic E-state index is 5.79. The highest BCUT2D eigenvalue weighted by Crippen LogP contribution is 2.17. The first-order chi connectivity index (χ1) is 9.28. The van der Waals surface area contributed by atoms with Gasteiger partial charge in [-0.1, -0.05) is 43.2 Å². The van der Waals surface area contributed by atoms with Crippen LogP contribution in [0, 0.1) is 6.92 Å². The third-order valence-electron chi connectivity index (χ3n) is 3.91. The maximum Gasteiger partial charge on any atom is 0.0589 e. The molecule has 0 bridgehead atoms. The molecule has 0 spiro atoms. The van der Waals surface area contributed by atoms with Crippen LogP contribution in [-0.4, -0.2) is 25.3 Å². The van der Waals surface area contributed by atoms with Crippen molar-refractivity contribution in [3.63, 3.8) is 0 Å². The van der Waals surface area contributed by atoms with Crippen LogP contribution in [0.25, 0.3) is 0 Å². The third kappa shape index (κ3) is 4.96. The number of rotatable bonds is 6. The summed E-state index contributed by atoms with van der Waals surface area (Å²) in [6.07, 6.45) is 6.37. The van der Waals surface area contributed by atoms with Crippen LogP contribution in [0.1, 0.15) is 43.7 Å². The minimum atomic E-state index is 0.482. The van der Waals surface area contributed by atoms with Gasteiger partial charge in [-0.25, -0.2) is 0 Å². The number of benzene rings is 1. The molecule has 0 aromatic heterocycles. The van der Waals surface area contributed by atoms with E-state index in [4.69, 9.17) is 4.74 Å². The molecule has 19 heavy (non-hydrogen) atoms. The van der Waals surface area contributed by atoms with E-state index < -0.39 is 0 Å². The Balaban J connectivity index is 1.70. The molecule has 0 radical (unpaired) electrons. The van der Waals surface area contributed by atoms with Crippen molar-refractivity contribution < 1.29 is 4.74 Å². The first kappa shape index (κ1) is 14.5. The van der Waals surface area contributed by atoms with Crippen molar-refractivity contribution in [3.05, 3.63) is 35.4 Å². The molecule has 106 valence electrons. The molecule has 1 aliphatic rings. The maximum atomic E-state index is 5.79. The van der Waals surface area contributed by atoms with Gasteiger partial charge in [-0.2, -0.15) is 0 Å². The molecule has 1 heterocycles. The summed E-state index contributed by atoms with van der Waals surface area (Å²) in [7, 11) is 0. The molecule has 2 unspecified atom stereocenters. The van der Waals surface area contributed by atoms with Crippen LogP contribution < -0.4 is 5.32 Å². The van der Waals surface area contributed by atoms with Gasteiger partial charge < -0.3 is 10.1 Å². The molecular formula is C17H27NO. The Labute approximate surface area is 117 Å². The first-order valence-electron chi connectivity index (χ1n) is 7.68. The SMILES string of the molecule is CCCC1CC(NCCc2cccc(C)c2)CCO1.